The van der Waals surface area contributed by atoms with Gasteiger partial charge in [0.2, 0.25) is 0 Å². The lowest BCUT2D eigenvalue weighted by atomic mass is 10.4. The van der Waals surface area contributed by atoms with E-state index in [1.54, 1.807) is 0 Å². The van der Waals surface area contributed by atoms with Crippen LogP contribution in [0.1, 0.15) is 0 Å². The Bertz CT molecular complexity index is 384. The second kappa shape index (κ2) is 7.78. The van der Waals surface area contributed by atoms with Crippen LogP contribution < -0.4 is 0 Å². The van der Waals surface area contributed by atoms with Crippen LogP contribution in [0.25, 0.3) is 0 Å². The average molecular weight is 300 g/mol. The molecule has 2 rings (SSSR count). The van der Waals surface area contributed by atoms with Crippen LogP contribution >= 0.6 is 0 Å². The monoisotopic (exact) mass is 300 g/mol. The maximum absolute atomic E-state index is 3.90. The summed E-state index contributed by atoms with van der Waals surface area (Å²) in [5.74, 6) is 2.59. The fourth-order valence-corrected chi connectivity index (χ4v) is 3.21. The van der Waals surface area contributed by atoms with E-state index in [2.05, 4.69) is 45.9 Å². The Balaban J connectivity index is 2.43. The van der Waals surface area contributed by atoms with Crippen LogP contribution in [0.15, 0.2) is 62.3 Å². The molecule has 2 fully saturated rings. The quantitative estimate of drug-likeness (QED) is 0.636. The first kappa shape index (κ1) is 16.3. The molecule has 4 nitrogen and oxygen atoms in total. The Kier molecular flexibility index (Phi) is 5.75. The third-order valence-corrected chi connectivity index (χ3v) is 4.08. The molecule has 0 atom stereocenters. The van der Waals surface area contributed by atoms with Crippen molar-refractivity contribution in [3.8, 4) is 0 Å². The standard InChI is InChI=1S/C18H28N4/c1-5-9-19-13-14-20(10-6-2)17(19)18-21(11-7-3)15-16-22(18)12-8-4/h5-8H,1-4,9-16H2. The van der Waals surface area contributed by atoms with Crippen molar-refractivity contribution in [3.63, 3.8) is 0 Å². The van der Waals surface area contributed by atoms with Crippen molar-refractivity contribution in [1.29, 1.82) is 0 Å². The molecule has 0 N–H and O–H groups in total. The summed E-state index contributed by atoms with van der Waals surface area (Å²) in [5.41, 5.74) is 0. The Hall–Kier alpha value is -2.10. The number of hydrogen-bond acceptors (Lipinski definition) is 4. The van der Waals surface area contributed by atoms with Crippen LogP contribution in [-0.2, 0) is 0 Å². The third kappa shape index (κ3) is 3.21. The van der Waals surface area contributed by atoms with E-state index in [1.165, 1.54) is 11.6 Å². The van der Waals surface area contributed by atoms with Crippen molar-refractivity contribution >= 4 is 0 Å². The molecule has 0 aliphatic carbocycles. The average Bonchev–Trinajstić information content (AvgIpc) is 3.06. The van der Waals surface area contributed by atoms with Gasteiger partial charge in [-0.1, -0.05) is 24.3 Å². The highest BCUT2D eigenvalue weighted by molar-refractivity contribution is 5.20. The topological polar surface area (TPSA) is 13.0 Å². The first-order chi connectivity index (χ1) is 10.8. The lowest BCUT2D eigenvalue weighted by Gasteiger charge is -2.32. The molecule has 2 aliphatic heterocycles. The molecule has 0 saturated carbocycles. The van der Waals surface area contributed by atoms with Gasteiger partial charge in [0.05, 0.1) is 0 Å². The number of nitrogens with zero attached hydrogens (tertiary/aromatic N) is 4. The predicted molar refractivity (Wildman–Crippen MR) is 94.1 cm³/mol. The largest absolute Gasteiger partial charge is 0.350 e. The van der Waals surface area contributed by atoms with E-state index in [-0.39, 0.29) is 0 Å². The molecule has 120 valence electrons. The molecule has 0 aromatic heterocycles. The van der Waals surface area contributed by atoms with Gasteiger partial charge in [-0.25, -0.2) is 0 Å². The lowest BCUT2D eigenvalue weighted by Crippen LogP contribution is -2.34. The van der Waals surface area contributed by atoms with E-state index in [0.29, 0.717) is 0 Å². The molecule has 2 aliphatic rings. The van der Waals surface area contributed by atoms with E-state index in [9.17, 15) is 0 Å². The highest BCUT2D eigenvalue weighted by Crippen LogP contribution is 2.29. The SMILES string of the molecule is C=CCN1CCN(CC=C)C1=C1N(CC=C)CCN1CC=C. The summed E-state index contributed by atoms with van der Waals surface area (Å²) in [6.45, 7) is 23.2. The maximum Gasteiger partial charge on any atom is 0.146 e. The molecule has 0 bridgehead atoms. The van der Waals surface area contributed by atoms with Crippen molar-refractivity contribution < 1.29 is 0 Å². The Morgan fingerprint density at radius 3 is 0.955 bits per heavy atom. The number of rotatable bonds is 8. The first-order valence-corrected chi connectivity index (χ1v) is 7.94. The van der Waals surface area contributed by atoms with Crippen LogP contribution in [-0.4, -0.2) is 72.0 Å². The molecular formula is C18H28N4. The molecule has 4 heteroatoms. The van der Waals surface area contributed by atoms with Crippen molar-refractivity contribution in [3.05, 3.63) is 62.3 Å². The first-order valence-electron chi connectivity index (χ1n) is 7.94. The lowest BCUT2D eigenvalue weighted by molar-refractivity contribution is 0.290. The summed E-state index contributed by atoms with van der Waals surface area (Å²) in [5, 5.41) is 0. The molecule has 2 heterocycles. The summed E-state index contributed by atoms with van der Waals surface area (Å²) in [7, 11) is 0. The van der Waals surface area contributed by atoms with Crippen molar-refractivity contribution in [2.45, 2.75) is 0 Å². The fraction of sp³-hybridized carbons (Fsp3) is 0.444. The van der Waals surface area contributed by atoms with Gasteiger partial charge in [-0.3, -0.25) is 0 Å². The summed E-state index contributed by atoms with van der Waals surface area (Å²) >= 11 is 0. The number of hydrogen-bond donors (Lipinski definition) is 0. The van der Waals surface area contributed by atoms with Gasteiger partial charge in [0.1, 0.15) is 11.6 Å². The summed E-state index contributed by atoms with van der Waals surface area (Å²) < 4.78 is 0. The van der Waals surface area contributed by atoms with Gasteiger partial charge in [0.25, 0.3) is 0 Å². The molecule has 0 aromatic rings. The molecule has 0 spiro atoms. The van der Waals surface area contributed by atoms with Crippen molar-refractivity contribution in [2.75, 3.05) is 52.4 Å². The van der Waals surface area contributed by atoms with Gasteiger partial charge in [0.15, 0.2) is 0 Å². The van der Waals surface area contributed by atoms with E-state index < -0.39 is 0 Å². The van der Waals surface area contributed by atoms with Gasteiger partial charge in [-0.05, 0) is 0 Å². The van der Waals surface area contributed by atoms with Crippen LogP contribution in [0, 0.1) is 0 Å². The zero-order chi connectivity index (χ0) is 15.9. The fourth-order valence-electron chi connectivity index (χ4n) is 3.21. The Morgan fingerprint density at radius 2 is 0.773 bits per heavy atom. The van der Waals surface area contributed by atoms with Gasteiger partial charge in [-0.15, -0.1) is 26.3 Å². The Labute approximate surface area is 135 Å². The molecule has 0 amide bonds. The minimum Gasteiger partial charge on any atom is -0.350 e. The molecule has 0 unspecified atom stereocenters. The minimum absolute atomic E-state index is 0.871. The zero-order valence-corrected chi connectivity index (χ0v) is 13.6. The molecular weight excluding hydrogens is 272 g/mol. The molecule has 0 aromatic carbocycles. The third-order valence-electron chi connectivity index (χ3n) is 4.08. The van der Waals surface area contributed by atoms with Crippen LogP contribution in [0.4, 0.5) is 0 Å². The van der Waals surface area contributed by atoms with E-state index in [1.807, 2.05) is 24.3 Å². The summed E-state index contributed by atoms with van der Waals surface area (Å²) in [4.78, 5) is 9.62. The van der Waals surface area contributed by atoms with Gasteiger partial charge < -0.3 is 19.6 Å². The van der Waals surface area contributed by atoms with Gasteiger partial charge in [-0.2, -0.15) is 0 Å². The van der Waals surface area contributed by atoms with E-state index in [4.69, 9.17) is 0 Å². The van der Waals surface area contributed by atoms with Gasteiger partial charge in [0, 0.05) is 52.4 Å². The normalized spacial score (nSPS) is 18.2. The van der Waals surface area contributed by atoms with Crippen molar-refractivity contribution in [2.24, 2.45) is 0 Å². The van der Waals surface area contributed by atoms with Crippen LogP contribution in [0.3, 0.4) is 0 Å². The minimum atomic E-state index is 0.871. The molecule has 2 saturated heterocycles. The Morgan fingerprint density at radius 1 is 0.545 bits per heavy atom. The van der Waals surface area contributed by atoms with E-state index >= 15 is 0 Å². The van der Waals surface area contributed by atoms with Crippen molar-refractivity contribution in [1.82, 2.24) is 19.6 Å². The van der Waals surface area contributed by atoms with Gasteiger partial charge >= 0.3 is 0 Å². The second-order valence-electron chi connectivity index (χ2n) is 5.59. The van der Waals surface area contributed by atoms with E-state index in [0.717, 1.165) is 52.4 Å². The highest BCUT2D eigenvalue weighted by atomic mass is 15.5. The zero-order valence-electron chi connectivity index (χ0n) is 13.6. The predicted octanol–water partition coefficient (Wildman–Crippen LogP) is 2.09. The maximum atomic E-state index is 3.90. The second-order valence-corrected chi connectivity index (χ2v) is 5.59. The molecule has 0 radical (unpaired) electrons. The van der Waals surface area contributed by atoms with Crippen LogP contribution in [0.2, 0.25) is 0 Å². The molecule has 22 heavy (non-hydrogen) atoms. The highest BCUT2D eigenvalue weighted by Gasteiger charge is 2.34. The summed E-state index contributed by atoms with van der Waals surface area (Å²) in [6, 6.07) is 0. The smallest absolute Gasteiger partial charge is 0.146 e. The van der Waals surface area contributed by atoms with Crippen LogP contribution in [0.5, 0.6) is 0 Å². The summed E-state index contributed by atoms with van der Waals surface area (Å²) in [6.07, 6.45) is 7.90.